The molecule has 0 aromatic heterocycles. The van der Waals surface area contributed by atoms with Gasteiger partial charge in [0.1, 0.15) is 5.78 Å². The zero-order valence-corrected chi connectivity index (χ0v) is 9.00. The number of nitrogens with zero attached hydrogens (tertiary/aromatic N) is 1. The van der Waals surface area contributed by atoms with Crippen LogP contribution in [0.15, 0.2) is 0 Å². The van der Waals surface area contributed by atoms with Crippen molar-refractivity contribution in [2.75, 3.05) is 19.6 Å². The Bertz CT molecular complexity index is 251. The van der Waals surface area contributed by atoms with Gasteiger partial charge in [-0.25, -0.2) is 0 Å². The highest BCUT2D eigenvalue weighted by molar-refractivity contribution is 5.79. The molecule has 2 fully saturated rings. The number of likely N-dealkylation sites (tertiary alicyclic amines) is 1. The van der Waals surface area contributed by atoms with Crippen LogP contribution in [0.3, 0.4) is 0 Å². The Morgan fingerprint density at radius 3 is 2.60 bits per heavy atom. The average molecular weight is 210 g/mol. The lowest BCUT2D eigenvalue weighted by Crippen LogP contribution is -2.37. The zero-order valence-electron chi connectivity index (χ0n) is 9.00. The average Bonchev–Trinajstić information content (AvgIpc) is 3.01. The van der Waals surface area contributed by atoms with Crippen molar-refractivity contribution in [1.82, 2.24) is 10.2 Å². The quantitative estimate of drug-likeness (QED) is 0.727. The molecular formula is C11H18N2O2. The standard InChI is InChI=1S/C11H18N2O2/c14-10-3-6-13(7-4-10)8-5-11(15)12-9-1-2-9/h9H,1-8H2,(H,12,15). The summed E-state index contributed by atoms with van der Waals surface area (Å²) < 4.78 is 0. The molecule has 0 bridgehead atoms. The fraction of sp³-hybridized carbons (Fsp3) is 0.818. The predicted molar refractivity (Wildman–Crippen MR) is 56.5 cm³/mol. The zero-order chi connectivity index (χ0) is 10.7. The van der Waals surface area contributed by atoms with E-state index in [2.05, 4.69) is 10.2 Å². The van der Waals surface area contributed by atoms with Crippen LogP contribution in [0.4, 0.5) is 0 Å². The molecule has 1 heterocycles. The molecule has 15 heavy (non-hydrogen) atoms. The van der Waals surface area contributed by atoms with Crippen molar-refractivity contribution in [1.29, 1.82) is 0 Å². The Kier molecular flexibility index (Phi) is 3.36. The number of hydrogen-bond acceptors (Lipinski definition) is 3. The van der Waals surface area contributed by atoms with Gasteiger partial charge in [-0.05, 0) is 12.8 Å². The number of Topliss-reactive ketones (excluding diaryl/α,β-unsaturated/α-hetero) is 1. The maximum Gasteiger partial charge on any atom is 0.221 e. The molecule has 2 aliphatic rings. The number of amides is 1. The van der Waals surface area contributed by atoms with Crippen LogP contribution >= 0.6 is 0 Å². The van der Waals surface area contributed by atoms with Crippen molar-refractivity contribution in [2.24, 2.45) is 0 Å². The summed E-state index contributed by atoms with van der Waals surface area (Å²) in [6.45, 7) is 2.46. The molecule has 1 amide bonds. The van der Waals surface area contributed by atoms with E-state index < -0.39 is 0 Å². The number of ketones is 1. The van der Waals surface area contributed by atoms with Crippen LogP contribution in [0.5, 0.6) is 0 Å². The van der Waals surface area contributed by atoms with Crippen LogP contribution < -0.4 is 5.32 Å². The van der Waals surface area contributed by atoms with Gasteiger partial charge in [-0.3, -0.25) is 9.59 Å². The molecule has 1 saturated heterocycles. The van der Waals surface area contributed by atoms with Gasteiger partial charge in [0.05, 0.1) is 0 Å². The molecule has 4 heteroatoms. The highest BCUT2D eigenvalue weighted by atomic mass is 16.1. The smallest absolute Gasteiger partial charge is 0.221 e. The molecule has 0 unspecified atom stereocenters. The van der Waals surface area contributed by atoms with E-state index in [-0.39, 0.29) is 5.91 Å². The fourth-order valence-electron chi connectivity index (χ4n) is 1.81. The minimum Gasteiger partial charge on any atom is -0.353 e. The lowest BCUT2D eigenvalue weighted by atomic mass is 10.1. The third-order valence-electron chi connectivity index (χ3n) is 3.01. The summed E-state index contributed by atoms with van der Waals surface area (Å²) in [5.41, 5.74) is 0. The van der Waals surface area contributed by atoms with Crippen molar-refractivity contribution in [2.45, 2.75) is 38.1 Å². The van der Waals surface area contributed by atoms with Gasteiger partial charge in [0.15, 0.2) is 0 Å². The van der Waals surface area contributed by atoms with Crippen LogP contribution in [-0.4, -0.2) is 42.3 Å². The van der Waals surface area contributed by atoms with E-state index in [4.69, 9.17) is 0 Å². The Morgan fingerprint density at radius 1 is 1.33 bits per heavy atom. The van der Waals surface area contributed by atoms with Gasteiger partial charge in [0.25, 0.3) is 0 Å². The molecule has 0 radical (unpaired) electrons. The van der Waals surface area contributed by atoms with Crippen LogP contribution in [-0.2, 0) is 9.59 Å². The molecule has 4 nitrogen and oxygen atoms in total. The van der Waals surface area contributed by atoms with Gasteiger partial charge in [-0.15, -0.1) is 0 Å². The molecular weight excluding hydrogens is 192 g/mol. The van der Waals surface area contributed by atoms with Gasteiger partial charge in [0, 0.05) is 44.9 Å². The van der Waals surface area contributed by atoms with Crippen LogP contribution in [0.1, 0.15) is 32.1 Å². The van der Waals surface area contributed by atoms with E-state index in [9.17, 15) is 9.59 Å². The van der Waals surface area contributed by atoms with Gasteiger partial charge in [-0.1, -0.05) is 0 Å². The predicted octanol–water partition coefficient (Wildman–Crippen LogP) is 0.320. The first kappa shape index (κ1) is 10.6. The maximum absolute atomic E-state index is 11.4. The number of rotatable bonds is 4. The number of carbonyl (C=O) groups is 2. The highest BCUT2D eigenvalue weighted by Gasteiger charge is 2.23. The Balaban J connectivity index is 1.60. The van der Waals surface area contributed by atoms with Crippen molar-refractivity contribution >= 4 is 11.7 Å². The van der Waals surface area contributed by atoms with Gasteiger partial charge in [-0.2, -0.15) is 0 Å². The third kappa shape index (κ3) is 3.63. The van der Waals surface area contributed by atoms with E-state index in [1.54, 1.807) is 0 Å². The maximum atomic E-state index is 11.4. The number of hydrogen-bond donors (Lipinski definition) is 1. The van der Waals surface area contributed by atoms with E-state index in [0.717, 1.165) is 32.5 Å². The summed E-state index contributed by atoms with van der Waals surface area (Å²) in [7, 11) is 0. The summed E-state index contributed by atoms with van der Waals surface area (Å²) in [4.78, 5) is 24.6. The summed E-state index contributed by atoms with van der Waals surface area (Å²) in [5.74, 6) is 0.517. The fourth-order valence-corrected chi connectivity index (χ4v) is 1.81. The number of carbonyl (C=O) groups excluding carboxylic acids is 2. The SMILES string of the molecule is O=C1CCN(CCC(=O)NC2CC2)CC1. The molecule has 2 rings (SSSR count). The molecule has 0 aromatic rings. The van der Waals surface area contributed by atoms with Crippen LogP contribution in [0.2, 0.25) is 0 Å². The minimum absolute atomic E-state index is 0.161. The molecule has 1 aliphatic heterocycles. The first-order chi connectivity index (χ1) is 7.24. The Morgan fingerprint density at radius 2 is 2.00 bits per heavy atom. The van der Waals surface area contributed by atoms with Gasteiger partial charge in [0.2, 0.25) is 5.91 Å². The van der Waals surface area contributed by atoms with E-state index in [0.29, 0.717) is 31.1 Å². The molecule has 1 saturated carbocycles. The summed E-state index contributed by atoms with van der Waals surface area (Å²) in [6.07, 6.45) is 4.17. The number of piperidine rings is 1. The van der Waals surface area contributed by atoms with Crippen molar-refractivity contribution in [3.05, 3.63) is 0 Å². The second-order valence-electron chi connectivity index (χ2n) is 4.47. The Labute approximate surface area is 90.0 Å². The Hall–Kier alpha value is -0.900. The molecule has 84 valence electrons. The first-order valence-corrected chi connectivity index (χ1v) is 5.77. The highest BCUT2D eigenvalue weighted by Crippen LogP contribution is 2.18. The lowest BCUT2D eigenvalue weighted by Gasteiger charge is -2.25. The van der Waals surface area contributed by atoms with Gasteiger partial charge < -0.3 is 10.2 Å². The van der Waals surface area contributed by atoms with Crippen molar-refractivity contribution < 1.29 is 9.59 Å². The molecule has 0 spiro atoms. The van der Waals surface area contributed by atoms with E-state index in [1.165, 1.54) is 0 Å². The molecule has 1 N–H and O–H groups in total. The van der Waals surface area contributed by atoms with E-state index in [1.807, 2.05) is 0 Å². The molecule has 0 atom stereocenters. The third-order valence-corrected chi connectivity index (χ3v) is 3.01. The monoisotopic (exact) mass is 210 g/mol. The number of nitrogens with one attached hydrogen (secondary N) is 1. The second-order valence-corrected chi connectivity index (χ2v) is 4.47. The largest absolute Gasteiger partial charge is 0.353 e. The van der Waals surface area contributed by atoms with Crippen LogP contribution in [0.25, 0.3) is 0 Å². The van der Waals surface area contributed by atoms with E-state index >= 15 is 0 Å². The second kappa shape index (κ2) is 4.75. The van der Waals surface area contributed by atoms with Gasteiger partial charge >= 0.3 is 0 Å². The lowest BCUT2D eigenvalue weighted by molar-refractivity contribution is -0.122. The molecule has 1 aliphatic carbocycles. The molecule has 0 aromatic carbocycles. The normalized spacial score (nSPS) is 22.8. The minimum atomic E-state index is 0.161. The van der Waals surface area contributed by atoms with Crippen molar-refractivity contribution in [3.63, 3.8) is 0 Å². The summed E-state index contributed by atoms with van der Waals surface area (Å²) in [5, 5.41) is 2.97. The first-order valence-electron chi connectivity index (χ1n) is 5.77. The van der Waals surface area contributed by atoms with Crippen LogP contribution in [0, 0.1) is 0 Å². The van der Waals surface area contributed by atoms with Crippen molar-refractivity contribution in [3.8, 4) is 0 Å². The topological polar surface area (TPSA) is 49.4 Å². The summed E-state index contributed by atoms with van der Waals surface area (Å²) >= 11 is 0. The summed E-state index contributed by atoms with van der Waals surface area (Å²) in [6, 6.07) is 0.459.